The molecule has 4 heteroatoms. The Labute approximate surface area is 102 Å². The molecule has 0 aromatic rings. The number of rotatable bonds is 5. The van der Waals surface area contributed by atoms with Crippen LogP contribution in [0.3, 0.4) is 0 Å². The van der Waals surface area contributed by atoms with Gasteiger partial charge in [-0.25, -0.2) is 9.69 Å². The summed E-state index contributed by atoms with van der Waals surface area (Å²) in [6.45, 7) is 4.44. The third kappa shape index (κ3) is 2.08. The first-order chi connectivity index (χ1) is 8.16. The first kappa shape index (κ1) is 12.1. The molecule has 2 aliphatic rings. The molecule has 0 aromatic heterocycles. The molecule has 0 aliphatic carbocycles. The van der Waals surface area contributed by atoms with E-state index in [1.54, 1.807) is 0 Å². The maximum atomic E-state index is 12.0. The number of hydrogen-bond acceptors (Lipinski definition) is 3. The second-order valence-electron chi connectivity index (χ2n) is 4.74. The predicted octanol–water partition coefficient (Wildman–Crippen LogP) is 2.63. The maximum Gasteiger partial charge on any atom is 0.417 e. The van der Waals surface area contributed by atoms with Crippen molar-refractivity contribution in [1.29, 1.82) is 0 Å². The second kappa shape index (κ2) is 4.90. The van der Waals surface area contributed by atoms with Crippen LogP contribution in [0.1, 0.15) is 46.0 Å². The topological polar surface area (TPSA) is 46.6 Å². The smallest absolute Gasteiger partial charge is 0.417 e. The quantitative estimate of drug-likeness (QED) is 0.690. The van der Waals surface area contributed by atoms with Crippen LogP contribution in [0, 0.1) is 0 Å². The van der Waals surface area contributed by atoms with Crippen LogP contribution >= 0.6 is 0 Å². The van der Waals surface area contributed by atoms with E-state index < -0.39 is 6.09 Å². The maximum absolute atomic E-state index is 12.0. The Balaban J connectivity index is 2.00. The first-order valence-electron chi connectivity index (χ1n) is 6.36. The molecule has 2 amide bonds. The highest BCUT2D eigenvalue weighted by Gasteiger charge is 2.46. The van der Waals surface area contributed by atoms with E-state index in [9.17, 15) is 9.59 Å². The van der Waals surface area contributed by atoms with Crippen molar-refractivity contribution in [2.24, 2.45) is 0 Å². The molecule has 0 aromatic carbocycles. The van der Waals surface area contributed by atoms with Gasteiger partial charge in [-0.3, -0.25) is 4.79 Å². The summed E-state index contributed by atoms with van der Waals surface area (Å²) in [6.07, 6.45) is 4.88. The van der Waals surface area contributed by atoms with Gasteiger partial charge in [0.1, 0.15) is 6.61 Å². The lowest BCUT2D eigenvalue weighted by Gasteiger charge is -2.09. The monoisotopic (exact) mass is 237 g/mol. The molecule has 1 atom stereocenters. The number of amides is 2. The molecular formula is C13H19NO3. The van der Waals surface area contributed by atoms with Gasteiger partial charge in [0, 0.05) is 5.57 Å². The summed E-state index contributed by atoms with van der Waals surface area (Å²) >= 11 is 0. The summed E-state index contributed by atoms with van der Waals surface area (Å²) in [5.74, 6) is -0.133. The Bertz CT molecular complexity index is 373. The molecule has 4 nitrogen and oxygen atoms in total. The zero-order chi connectivity index (χ0) is 12.4. The number of carbonyl (C=O) groups is 2. The van der Waals surface area contributed by atoms with Crippen LogP contribution in [0.4, 0.5) is 4.79 Å². The molecule has 94 valence electrons. The van der Waals surface area contributed by atoms with Crippen molar-refractivity contribution in [2.75, 3.05) is 6.61 Å². The van der Waals surface area contributed by atoms with Crippen LogP contribution in [0.5, 0.6) is 0 Å². The van der Waals surface area contributed by atoms with Gasteiger partial charge in [0.15, 0.2) is 0 Å². The Morgan fingerprint density at radius 1 is 1.29 bits per heavy atom. The highest BCUT2D eigenvalue weighted by Crippen LogP contribution is 2.33. The highest BCUT2D eigenvalue weighted by molar-refractivity contribution is 6.07. The molecule has 0 spiro atoms. The predicted molar refractivity (Wildman–Crippen MR) is 63.4 cm³/mol. The highest BCUT2D eigenvalue weighted by atomic mass is 16.6. The molecule has 0 N–H and O–H groups in total. The Hall–Kier alpha value is -1.32. The van der Waals surface area contributed by atoms with Crippen molar-refractivity contribution in [3.63, 3.8) is 0 Å². The summed E-state index contributed by atoms with van der Waals surface area (Å²) in [6, 6.07) is -0.129. The molecular weight excluding hydrogens is 218 g/mol. The zero-order valence-electron chi connectivity index (χ0n) is 10.5. The van der Waals surface area contributed by atoms with Crippen LogP contribution in [0.25, 0.3) is 0 Å². The van der Waals surface area contributed by atoms with E-state index in [0.29, 0.717) is 6.61 Å². The molecule has 17 heavy (non-hydrogen) atoms. The van der Waals surface area contributed by atoms with Crippen molar-refractivity contribution in [3.05, 3.63) is 11.1 Å². The van der Waals surface area contributed by atoms with Gasteiger partial charge >= 0.3 is 6.09 Å². The number of unbranched alkanes of at least 4 members (excludes halogenated alkanes) is 3. The van der Waals surface area contributed by atoms with Gasteiger partial charge in [-0.05, 0) is 25.3 Å². The van der Waals surface area contributed by atoms with Crippen LogP contribution < -0.4 is 0 Å². The molecule has 0 radical (unpaired) electrons. The number of ether oxygens (including phenoxy) is 1. The number of cyclic esters (lactones) is 1. The SMILES string of the molecule is CCCCCCC1=C(C)C2COC(=O)N2C1=O. The van der Waals surface area contributed by atoms with E-state index in [0.717, 1.165) is 30.4 Å². The Kier molecular flexibility index (Phi) is 3.50. The molecule has 0 bridgehead atoms. The van der Waals surface area contributed by atoms with E-state index in [1.165, 1.54) is 17.7 Å². The van der Waals surface area contributed by atoms with Gasteiger partial charge in [0.05, 0.1) is 6.04 Å². The fraction of sp³-hybridized carbons (Fsp3) is 0.692. The molecule has 2 aliphatic heterocycles. The summed E-state index contributed by atoms with van der Waals surface area (Å²) in [5, 5.41) is 0. The van der Waals surface area contributed by atoms with Crippen LogP contribution in [0.2, 0.25) is 0 Å². The average molecular weight is 237 g/mol. The fourth-order valence-electron chi connectivity index (χ4n) is 2.51. The van der Waals surface area contributed by atoms with E-state index in [2.05, 4.69) is 6.92 Å². The van der Waals surface area contributed by atoms with Crippen molar-refractivity contribution >= 4 is 12.0 Å². The first-order valence-corrected chi connectivity index (χ1v) is 6.36. The van der Waals surface area contributed by atoms with Crippen LogP contribution in [-0.4, -0.2) is 29.5 Å². The second-order valence-corrected chi connectivity index (χ2v) is 4.74. The Morgan fingerprint density at radius 3 is 2.71 bits per heavy atom. The minimum absolute atomic E-state index is 0.129. The van der Waals surface area contributed by atoms with Crippen LogP contribution in [0.15, 0.2) is 11.1 Å². The van der Waals surface area contributed by atoms with E-state index >= 15 is 0 Å². The number of nitrogens with zero attached hydrogens (tertiary/aromatic N) is 1. The van der Waals surface area contributed by atoms with Gasteiger partial charge < -0.3 is 4.74 Å². The van der Waals surface area contributed by atoms with E-state index in [-0.39, 0.29) is 11.9 Å². The number of fused-ring (bicyclic) bond motifs is 1. The number of hydrogen-bond donors (Lipinski definition) is 0. The van der Waals surface area contributed by atoms with Crippen molar-refractivity contribution < 1.29 is 14.3 Å². The van der Waals surface area contributed by atoms with Gasteiger partial charge in [-0.1, -0.05) is 26.2 Å². The van der Waals surface area contributed by atoms with Gasteiger partial charge in [-0.15, -0.1) is 0 Å². The third-order valence-corrected chi connectivity index (χ3v) is 3.61. The lowest BCUT2D eigenvalue weighted by molar-refractivity contribution is -0.123. The molecule has 2 heterocycles. The largest absolute Gasteiger partial charge is 0.447 e. The summed E-state index contributed by atoms with van der Waals surface area (Å²) < 4.78 is 4.88. The van der Waals surface area contributed by atoms with Crippen molar-refractivity contribution in [2.45, 2.75) is 52.0 Å². The minimum Gasteiger partial charge on any atom is -0.447 e. The minimum atomic E-state index is -0.483. The molecule has 2 rings (SSSR count). The molecule has 1 fully saturated rings. The fourth-order valence-corrected chi connectivity index (χ4v) is 2.51. The van der Waals surface area contributed by atoms with E-state index in [1.807, 2.05) is 6.92 Å². The lowest BCUT2D eigenvalue weighted by Crippen LogP contribution is -2.33. The summed E-state index contributed by atoms with van der Waals surface area (Å²) in [7, 11) is 0. The normalized spacial score (nSPS) is 23.4. The summed E-state index contributed by atoms with van der Waals surface area (Å²) in [5.41, 5.74) is 1.86. The third-order valence-electron chi connectivity index (χ3n) is 3.61. The number of carbonyl (C=O) groups excluding carboxylic acids is 2. The van der Waals surface area contributed by atoms with Crippen LogP contribution in [-0.2, 0) is 9.53 Å². The van der Waals surface area contributed by atoms with Gasteiger partial charge in [0.2, 0.25) is 0 Å². The zero-order valence-corrected chi connectivity index (χ0v) is 10.5. The standard InChI is InChI=1S/C13H19NO3/c1-3-4-5-6-7-10-9(2)11-8-17-13(16)14(11)12(10)15/h11H,3-8H2,1-2H3. The lowest BCUT2D eigenvalue weighted by atomic mass is 10.0. The van der Waals surface area contributed by atoms with Gasteiger partial charge in [0.25, 0.3) is 5.91 Å². The van der Waals surface area contributed by atoms with Crippen molar-refractivity contribution in [1.82, 2.24) is 4.90 Å². The summed E-state index contributed by atoms with van der Waals surface area (Å²) in [4.78, 5) is 24.7. The average Bonchev–Trinajstić information content (AvgIpc) is 2.79. The molecule has 1 unspecified atom stereocenters. The molecule has 0 saturated carbocycles. The molecule has 1 saturated heterocycles. The van der Waals surface area contributed by atoms with Gasteiger partial charge in [-0.2, -0.15) is 0 Å². The van der Waals surface area contributed by atoms with Crippen molar-refractivity contribution in [3.8, 4) is 0 Å². The van der Waals surface area contributed by atoms with E-state index in [4.69, 9.17) is 4.74 Å². The Morgan fingerprint density at radius 2 is 2.06 bits per heavy atom. The number of imide groups is 1.